The lowest BCUT2D eigenvalue weighted by atomic mass is 9.90. The van der Waals surface area contributed by atoms with Crippen molar-refractivity contribution in [2.45, 2.75) is 44.7 Å². The first kappa shape index (κ1) is 22.9. The number of nitrogens with one attached hydrogen (secondary N) is 3. The first-order valence-corrected chi connectivity index (χ1v) is 10.4. The van der Waals surface area contributed by atoms with Crippen molar-refractivity contribution >= 4 is 29.4 Å². The number of pyridine rings is 1. The SMILES string of the molecule is COC(=O)N[C@H]1CCCC[C@H]1Nc1cc(C#N)c(C(=O)OC)c(Nc2cccc(C)c2)n1. The highest BCUT2D eigenvalue weighted by atomic mass is 16.5. The van der Waals surface area contributed by atoms with Crippen molar-refractivity contribution in [2.24, 2.45) is 0 Å². The Morgan fingerprint density at radius 2 is 1.88 bits per heavy atom. The Hall–Kier alpha value is -3.80. The number of anilines is 3. The lowest BCUT2D eigenvalue weighted by molar-refractivity contribution is 0.0601. The third-order valence-electron chi connectivity index (χ3n) is 5.40. The Labute approximate surface area is 187 Å². The molecule has 2 atom stereocenters. The summed E-state index contributed by atoms with van der Waals surface area (Å²) in [4.78, 5) is 28.8. The zero-order valence-electron chi connectivity index (χ0n) is 18.4. The zero-order chi connectivity index (χ0) is 23.1. The van der Waals surface area contributed by atoms with Gasteiger partial charge in [-0.3, -0.25) is 0 Å². The van der Waals surface area contributed by atoms with Crippen molar-refractivity contribution in [3.05, 3.63) is 47.0 Å². The summed E-state index contributed by atoms with van der Waals surface area (Å²) in [5.74, 6) is -0.0103. The third-order valence-corrected chi connectivity index (χ3v) is 5.40. The van der Waals surface area contributed by atoms with Crippen molar-refractivity contribution in [3.63, 3.8) is 0 Å². The lowest BCUT2D eigenvalue weighted by Gasteiger charge is -2.32. The molecule has 3 N–H and O–H groups in total. The van der Waals surface area contributed by atoms with Gasteiger partial charge in [-0.2, -0.15) is 5.26 Å². The average molecular weight is 438 g/mol. The quantitative estimate of drug-likeness (QED) is 0.582. The number of rotatable bonds is 6. The van der Waals surface area contributed by atoms with Crippen LogP contribution >= 0.6 is 0 Å². The molecule has 0 radical (unpaired) electrons. The van der Waals surface area contributed by atoms with Gasteiger partial charge in [0.15, 0.2) is 0 Å². The summed E-state index contributed by atoms with van der Waals surface area (Å²) < 4.78 is 9.63. The van der Waals surface area contributed by atoms with Crippen LogP contribution in [0.5, 0.6) is 0 Å². The van der Waals surface area contributed by atoms with Gasteiger partial charge in [0, 0.05) is 11.7 Å². The first-order valence-electron chi connectivity index (χ1n) is 10.4. The van der Waals surface area contributed by atoms with E-state index in [1.54, 1.807) is 0 Å². The van der Waals surface area contributed by atoms with Gasteiger partial charge in [0.05, 0.1) is 25.8 Å². The van der Waals surface area contributed by atoms with Crippen LogP contribution in [0.1, 0.15) is 47.2 Å². The molecular weight excluding hydrogens is 410 g/mol. The zero-order valence-corrected chi connectivity index (χ0v) is 18.4. The van der Waals surface area contributed by atoms with Crippen LogP contribution in [0.2, 0.25) is 0 Å². The topological polar surface area (TPSA) is 125 Å². The number of aromatic nitrogens is 1. The molecule has 9 heteroatoms. The third kappa shape index (κ3) is 5.46. The van der Waals surface area contributed by atoms with Crippen LogP contribution in [-0.4, -0.2) is 43.3 Å². The van der Waals surface area contributed by atoms with Crippen LogP contribution in [0.15, 0.2) is 30.3 Å². The van der Waals surface area contributed by atoms with Gasteiger partial charge >= 0.3 is 12.1 Å². The highest BCUT2D eigenvalue weighted by Crippen LogP contribution is 2.28. The van der Waals surface area contributed by atoms with Crippen LogP contribution in [0, 0.1) is 18.3 Å². The fourth-order valence-corrected chi connectivity index (χ4v) is 3.84. The number of hydrogen-bond donors (Lipinski definition) is 3. The summed E-state index contributed by atoms with van der Waals surface area (Å²) in [5.41, 5.74) is 1.96. The van der Waals surface area contributed by atoms with E-state index in [-0.39, 0.29) is 29.0 Å². The Bertz CT molecular complexity index is 1030. The minimum absolute atomic E-state index is 0.0648. The molecule has 3 rings (SSSR count). The van der Waals surface area contributed by atoms with Crippen molar-refractivity contribution in [1.29, 1.82) is 5.26 Å². The molecule has 32 heavy (non-hydrogen) atoms. The van der Waals surface area contributed by atoms with Gasteiger partial charge in [0.1, 0.15) is 23.3 Å². The van der Waals surface area contributed by atoms with Crippen LogP contribution in [0.25, 0.3) is 0 Å². The molecule has 1 saturated carbocycles. The van der Waals surface area contributed by atoms with E-state index >= 15 is 0 Å². The normalized spacial score (nSPS) is 17.6. The van der Waals surface area contributed by atoms with E-state index in [4.69, 9.17) is 9.47 Å². The molecule has 0 spiro atoms. The number of benzene rings is 1. The van der Waals surface area contributed by atoms with E-state index in [1.165, 1.54) is 20.3 Å². The van der Waals surface area contributed by atoms with Crippen molar-refractivity contribution in [1.82, 2.24) is 10.3 Å². The highest BCUT2D eigenvalue weighted by Gasteiger charge is 2.28. The number of nitriles is 1. The number of amides is 1. The molecule has 2 aromatic rings. The van der Waals surface area contributed by atoms with E-state index < -0.39 is 12.1 Å². The second-order valence-electron chi connectivity index (χ2n) is 7.65. The monoisotopic (exact) mass is 437 g/mol. The average Bonchev–Trinajstić information content (AvgIpc) is 2.79. The van der Waals surface area contributed by atoms with E-state index in [2.05, 4.69) is 27.0 Å². The largest absolute Gasteiger partial charge is 0.465 e. The predicted molar refractivity (Wildman–Crippen MR) is 120 cm³/mol. The molecule has 1 aliphatic carbocycles. The van der Waals surface area contributed by atoms with Crippen LogP contribution < -0.4 is 16.0 Å². The molecule has 0 bridgehead atoms. The first-order chi connectivity index (χ1) is 15.4. The molecule has 0 unspecified atom stereocenters. The second kappa shape index (κ2) is 10.5. The van der Waals surface area contributed by atoms with Gasteiger partial charge in [-0.25, -0.2) is 14.6 Å². The predicted octanol–water partition coefficient (Wildman–Crippen LogP) is 3.87. The number of hydrogen-bond acceptors (Lipinski definition) is 8. The molecule has 1 amide bonds. The van der Waals surface area contributed by atoms with Crippen LogP contribution in [-0.2, 0) is 9.47 Å². The Balaban J connectivity index is 1.96. The smallest absolute Gasteiger partial charge is 0.407 e. The summed E-state index contributed by atoms with van der Waals surface area (Å²) in [6.07, 6.45) is 3.11. The van der Waals surface area contributed by atoms with E-state index in [0.29, 0.717) is 5.82 Å². The fourth-order valence-electron chi connectivity index (χ4n) is 3.84. The van der Waals surface area contributed by atoms with Gasteiger partial charge in [0.2, 0.25) is 0 Å². The summed E-state index contributed by atoms with van der Waals surface area (Å²) in [5, 5.41) is 19.0. The van der Waals surface area contributed by atoms with E-state index in [1.807, 2.05) is 31.2 Å². The molecular formula is C23H27N5O4. The van der Waals surface area contributed by atoms with Crippen molar-refractivity contribution < 1.29 is 19.1 Å². The van der Waals surface area contributed by atoms with Crippen LogP contribution in [0.3, 0.4) is 0 Å². The lowest BCUT2D eigenvalue weighted by Crippen LogP contribution is -2.48. The minimum atomic E-state index is -0.654. The van der Waals surface area contributed by atoms with Crippen molar-refractivity contribution in [3.8, 4) is 6.07 Å². The van der Waals surface area contributed by atoms with Crippen LogP contribution in [0.4, 0.5) is 22.1 Å². The maximum absolute atomic E-state index is 12.4. The van der Waals surface area contributed by atoms with Gasteiger partial charge in [0.25, 0.3) is 0 Å². The van der Waals surface area contributed by atoms with Gasteiger partial charge < -0.3 is 25.4 Å². The number of carbonyl (C=O) groups is 2. The molecule has 1 aromatic carbocycles. The van der Waals surface area contributed by atoms with E-state index in [9.17, 15) is 14.9 Å². The fraction of sp³-hybridized carbons (Fsp3) is 0.391. The Kier molecular flexibility index (Phi) is 7.49. The van der Waals surface area contributed by atoms with Gasteiger partial charge in [-0.05, 0) is 43.5 Å². The maximum Gasteiger partial charge on any atom is 0.407 e. The maximum atomic E-state index is 12.4. The van der Waals surface area contributed by atoms with E-state index in [0.717, 1.165) is 36.9 Å². The molecule has 0 aliphatic heterocycles. The molecule has 1 aromatic heterocycles. The molecule has 1 aliphatic rings. The second-order valence-corrected chi connectivity index (χ2v) is 7.65. The number of nitrogens with zero attached hydrogens (tertiary/aromatic N) is 2. The summed E-state index contributed by atoms with van der Waals surface area (Å²) >= 11 is 0. The number of alkyl carbamates (subject to hydrolysis) is 1. The molecule has 1 heterocycles. The molecule has 168 valence electrons. The summed E-state index contributed by atoms with van der Waals surface area (Å²) in [7, 11) is 2.59. The number of ether oxygens (including phenoxy) is 2. The molecule has 9 nitrogen and oxygen atoms in total. The molecule has 0 saturated heterocycles. The summed E-state index contributed by atoms with van der Waals surface area (Å²) in [6.45, 7) is 1.95. The molecule has 1 fully saturated rings. The Morgan fingerprint density at radius 1 is 1.12 bits per heavy atom. The minimum Gasteiger partial charge on any atom is -0.465 e. The number of carbonyl (C=O) groups excluding carboxylic acids is 2. The number of aryl methyl sites for hydroxylation is 1. The standard InChI is InChI=1S/C23H27N5O4/c1-14-7-6-8-16(11-14)25-21-20(22(29)31-2)15(13-24)12-19(28-21)26-17-9-4-5-10-18(17)27-23(30)32-3/h6-8,11-12,17-18H,4-5,9-10H2,1-3H3,(H,27,30)(H2,25,26,28)/t17-,18+/m1/s1. The van der Waals surface area contributed by atoms with Crippen molar-refractivity contribution in [2.75, 3.05) is 24.9 Å². The number of methoxy groups -OCH3 is 2. The van der Waals surface area contributed by atoms with Gasteiger partial charge in [-0.15, -0.1) is 0 Å². The number of esters is 1. The van der Waals surface area contributed by atoms with Gasteiger partial charge in [-0.1, -0.05) is 25.0 Å². The summed E-state index contributed by atoms with van der Waals surface area (Å²) in [6, 6.07) is 10.9. The Morgan fingerprint density at radius 3 is 2.53 bits per heavy atom. The highest BCUT2D eigenvalue weighted by molar-refractivity contribution is 5.98.